The maximum atomic E-state index is 13.5. The number of hydrogen-bond donors (Lipinski definition) is 2. The van der Waals surface area contributed by atoms with Crippen molar-refractivity contribution >= 4 is 34.6 Å². The summed E-state index contributed by atoms with van der Waals surface area (Å²) < 4.78 is 12.9. The number of nitrogens with two attached hydrogens (primary N) is 1. The van der Waals surface area contributed by atoms with Crippen molar-refractivity contribution < 1.29 is 28.7 Å². The zero-order chi connectivity index (χ0) is 25.2. The Balaban J connectivity index is 1.23. The van der Waals surface area contributed by atoms with Gasteiger partial charge < -0.3 is 24.8 Å². The van der Waals surface area contributed by atoms with Gasteiger partial charge in [0.1, 0.15) is 12.3 Å². The lowest BCUT2D eigenvalue weighted by atomic mass is 9.83. The van der Waals surface area contributed by atoms with E-state index in [9.17, 15) is 14.7 Å². The Morgan fingerprint density at radius 1 is 1.03 bits per heavy atom. The van der Waals surface area contributed by atoms with Gasteiger partial charge in [-0.2, -0.15) is 0 Å². The fraction of sp³-hybridized carbons (Fsp3) is 0.407. The summed E-state index contributed by atoms with van der Waals surface area (Å²) in [6.07, 6.45) is 2.59. The van der Waals surface area contributed by atoms with Gasteiger partial charge in [0.25, 0.3) is 5.91 Å². The number of rotatable bonds is 10. The lowest BCUT2D eigenvalue weighted by molar-refractivity contribution is -0.946. The summed E-state index contributed by atoms with van der Waals surface area (Å²) in [5.74, 6) is -0.254. The molecule has 1 amide bonds. The molecule has 7 nitrogen and oxygen atoms in total. The van der Waals surface area contributed by atoms with Crippen LogP contribution in [-0.4, -0.2) is 60.4 Å². The summed E-state index contributed by atoms with van der Waals surface area (Å²) >= 11 is 2.71. The maximum absolute atomic E-state index is 13.5. The number of ether oxygens (including phenoxy) is 2. The molecule has 3 saturated heterocycles. The Morgan fingerprint density at radius 2 is 1.69 bits per heavy atom. The van der Waals surface area contributed by atoms with Crippen LogP contribution in [0.2, 0.25) is 0 Å². The second-order valence-corrected chi connectivity index (χ2v) is 11.6. The molecule has 0 spiro atoms. The molecule has 3 aromatic rings. The van der Waals surface area contributed by atoms with E-state index >= 15 is 0 Å². The Bertz CT molecular complexity index is 1150. The molecule has 0 saturated carbocycles. The van der Waals surface area contributed by atoms with E-state index in [2.05, 4.69) is 0 Å². The second-order valence-electron chi connectivity index (χ2n) is 9.70. The molecule has 3 aliphatic rings. The summed E-state index contributed by atoms with van der Waals surface area (Å²) in [5.41, 5.74) is 4.06. The zero-order valence-corrected chi connectivity index (χ0v) is 21.6. The van der Waals surface area contributed by atoms with Crippen LogP contribution in [0.4, 0.5) is 0 Å². The van der Waals surface area contributed by atoms with Gasteiger partial charge in [0.05, 0.1) is 41.6 Å². The first-order valence-electron chi connectivity index (χ1n) is 12.3. The number of primary amides is 1. The second kappa shape index (κ2) is 10.3. The third-order valence-corrected chi connectivity index (χ3v) is 9.50. The molecule has 6 rings (SSSR count). The quantitative estimate of drug-likeness (QED) is 0.238. The van der Waals surface area contributed by atoms with Crippen LogP contribution in [0, 0.1) is 5.92 Å². The first kappa shape index (κ1) is 25.0. The van der Waals surface area contributed by atoms with Gasteiger partial charge in [-0.15, -0.1) is 22.7 Å². The van der Waals surface area contributed by atoms with Gasteiger partial charge in [-0.25, -0.2) is 4.79 Å². The minimum absolute atomic E-state index is 0.219. The Kier molecular flexibility index (Phi) is 7.16. The average molecular weight is 528 g/mol. The van der Waals surface area contributed by atoms with Crippen molar-refractivity contribution in [3.63, 3.8) is 0 Å². The molecular weight excluding hydrogens is 496 g/mol. The van der Waals surface area contributed by atoms with E-state index in [-0.39, 0.29) is 6.10 Å². The number of benzene rings is 1. The van der Waals surface area contributed by atoms with Crippen molar-refractivity contribution in [1.82, 2.24) is 0 Å². The lowest BCUT2D eigenvalue weighted by Crippen LogP contribution is -2.65. The highest BCUT2D eigenvalue weighted by molar-refractivity contribution is 7.12. The molecule has 2 bridgehead atoms. The van der Waals surface area contributed by atoms with Crippen molar-refractivity contribution in [2.45, 2.75) is 31.0 Å². The van der Waals surface area contributed by atoms with E-state index in [0.29, 0.717) is 33.6 Å². The highest BCUT2D eigenvalue weighted by atomic mass is 32.1. The molecule has 0 radical (unpaired) electrons. The minimum Gasteiger partial charge on any atom is -0.493 e. The molecule has 1 atom stereocenters. The molecule has 1 unspecified atom stereocenters. The molecule has 3 N–H and O–H groups in total. The summed E-state index contributed by atoms with van der Waals surface area (Å²) in [7, 11) is 0. The van der Waals surface area contributed by atoms with Crippen LogP contribution in [0.15, 0.2) is 59.3 Å². The number of thiophene rings is 2. The van der Waals surface area contributed by atoms with E-state index in [1.807, 2.05) is 29.0 Å². The summed E-state index contributed by atoms with van der Waals surface area (Å²) in [4.78, 5) is 26.3. The Hall–Kier alpha value is -2.72. The van der Waals surface area contributed by atoms with Gasteiger partial charge in [0.15, 0.2) is 6.10 Å². The van der Waals surface area contributed by atoms with Crippen molar-refractivity contribution in [1.29, 1.82) is 0 Å². The molecule has 36 heavy (non-hydrogen) atoms. The van der Waals surface area contributed by atoms with Crippen LogP contribution in [0.1, 0.15) is 39.4 Å². The molecule has 2 aromatic heterocycles. The lowest BCUT2D eigenvalue weighted by Gasteiger charge is -2.52. The number of carbonyl (C=O) groups is 2. The van der Waals surface area contributed by atoms with Crippen LogP contribution >= 0.6 is 22.7 Å². The topological polar surface area (TPSA) is 98.9 Å². The number of fused-ring (bicyclic) bond motifs is 3. The van der Waals surface area contributed by atoms with Gasteiger partial charge in [0, 0.05) is 25.2 Å². The molecule has 5 heterocycles. The van der Waals surface area contributed by atoms with Gasteiger partial charge in [-0.1, -0.05) is 24.3 Å². The minimum atomic E-state index is -1.78. The van der Waals surface area contributed by atoms with Crippen LogP contribution < -0.4 is 10.5 Å². The number of piperidine rings is 3. The van der Waals surface area contributed by atoms with Gasteiger partial charge in [-0.3, -0.25) is 4.79 Å². The number of nitrogens with zero attached hydrogens (tertiary/aromatic N) is 1. The molecular formula is C27H31N2O5S2+. The molecule has 9 heteroatoms. The van der Waals surface area contributed by atoms with E-state index in [4.69, 9.17) is 15.2 Å². The van der Waals surface area contributed by atoms with Gasteiger partial charge >= 0.3 is 5.97 Å². The Labute approximate surface area is 218 Å². The van der Waals surface area contributed by atoms with Crippen molar-refractivity contribution in [3.8, 4) is 5.75 Å². The van der Waals surface area contributed by atoms with E-state index in [1.54, 1.807) is 30.3 Å². The summed E-state index contributed by atoms with van der Waals surface area (Å²) in [5, 5.41) is 15.3. The van der Waals surface area contributed by atoms with E-state index in [0.717, 1.165) is 49.9 Å². The number of hydrogen-bond acceptors (Lipinski definition) is 7. The monoisotopic (exact) mass is 527 g/mol. The highest BCUT2D eigenvalue weighted by Gasteiger charge is 2.51. The summed E-state index contributed by atoms with van der Waals surface area (Å²) in [6.45, 7) is 4.24. The molecule has 1 aromatic carbocycles. The van der Waals surface area contributed by atoms with E-state index < -0.39 is 17.5 Å². The Morgan fingerprint density at radius 3 is 2.31 bits per heavy atom. The third kappa shape index (κ3) is 4.80. The van der Waals surface area contributed by atoms with Crippen LogP contribution in [0.3, 0.4) is 0 Å². The van der Waals surface area contributed by atoms with Crippen LogP contribution in [-0.2, 0) is 15.1 Å². The predicted octanol–water partition coefficient (Wildman–Crippen LogP) is 3.77. The maximum Gasteiger partial charge on any atom is 0.349 e. The summed E-state index contributed by atoms with van der Waals surface area (Å²) in [6, 6.07) is 14.3. The van der Waals surface area contributed by atoms with E-state index in [1.165, 1.54) is 22.7 Å². The molecule has 190 valence electrons. The van der Waals surface area contributed by atoms with Crippen molar-refractivity contribution in [3.05, 3.63) is 74.6 Å². The fourth-order valence-electron chi connectivity index (χ4n) is 5.56. The molecule has 3 fully saturated rings. The largest absolute Gasteiger partial charge is 0.493 e. The van der Waals surface area contributed by atoms with Gasteiger partial charge in [-0.05, 0) is 35.0 Å². The number of carbonyl (C=O) groups excluding carboxylic acids is 2. The zero-order valence-electron chi connectivity index (χ0n) is 20.0. The van der Waals surface area contributed by atoms with Crippen molar-refractivity contribution in [2.75, 3.05) is 32.8 Å². The number of esters is 1. The SMILES string of the molecule is NC(=O)c1ccccc1OCCC[N+]12CCC(CC1)C(OC(=O)C(O)(c1cccs1)c1cccs1)C2. The van der Waals surface area contributed by atoms with Crippen LogP contribution in [0.5, 0.6) is 5.75 Å². The first-order valence-corrected chi connectivity index (χ1v) is 14.1. The normalized spacial score (nSPS) is 23.4. The fourth-order valence-corrected chi connectivity index (χ4v) is 7.28. The predicted molar refractivity (Wildman–Crippen MR) is 139 cm³/mol. The first-order chi connectivity index (χ1) is 17.4. The number of aliphatic hydroxyl groups is 1. The molecule has 0 aliphatic carbocycles. The number of quaternary nitrogens is 1. The van der Waals surface area contributed by atoms with Crippen LogP contribution in [0.25, 0.3) is 0 Å². The molecule has 3 aliphatic heterocycles. The van der Waals surface area contributed by atoms with Gasteiger partial charge in [0.2, 0.25) is 5.60 Å². The third-order valence-electron chi connectivity index (χ3n) is 7.54. The standard InChI is InChI=1S/C27H30N2O5S2/c28-25(30)20-6-1-2-7-21(20)33-15-5-12-29-13-10-19(11-14-29)22(18-29)34-26(31)27(32,23-8-3-16-35-23)24-9-4-17-36-24/h1-4,6-9,16-17,19,22,32H,5,10-15,18H2,(H-,28,30)/p+1. The average Bonchev–Trinajstić information content (AvgIpc) is 3.62. The van der Waals surface area contributed by atoms with Crippen molar-refractivity contribution in [2.24, 2.45) is 11.7 Å². The number of amides is 1. The smallest absolute Gasteiger partial charge is 0.349 e. The highest BCUT2D eigenvalue weighted by Crippen LogP contribution is 2.40. The number of para-hydroxylation sites is 1.